The Kier molecular flexibility index (Phi) is 5.80. The van der Waals surface area contributed by atoms with Gasteiger partial charge in [0.15, 0.2) is 0 Å². The van der Waals surface area contributed by atoms with Crippen LogP contribution in [0.4, 0.5) is 11.9 Å². The number of nitro groups is 8. The summed E-state index contributed by atoms with van der Waals surface area (Å²) >= 11 is 0. The molecule has 0 aliphatic carbocycles. The Morgan fingerprint density at radius 3 is 0.861 bits per heavy atom. The predicted octanol–water partition coefficient (Wildman–Crippen LogP) is -2.85. The van der Waals surface area contributed by atoms with Crippen LogP contribution in [-0.2, 0) is 11.8 Å². The zero-order valence-corrected chi connectivity index (χ0v) is 15.8. The molecule has 30 heteroatoms. The molecule has 0 aromatic carbocycles. The Hall–Kier alpha value is -6.52. The molecule has 0 bridgehead atoms. The minimum atomic E-state index is -5.03. The van der Waals surface area contributed by atoms with Crippen molar-refractivity contribution >= 4 is 11.9 Å². The fraction of sp³-hybridized carbons (Fsp3) is 0.333. The van der Waals surface area contributed by atoms with Gasteiger partial charge in [0.25, 0.3) is 0 Å². The van der Waals surface area contributed by atoms with Crippen molar-refractivity contribution in [2.45, 2.75) is 11.8 Å². The zero-order chi connectivity index (χ0) is 27.9. The van der Waals surface area contributed by atoms with Crippen LogP contribution < -0.4 is 0 Å². The average molecular weight is 524 g/mol. The Bertz CT molecular complexity index is 1210. The molecule has 190 valence electrons. The van der Waals surface area contributed by atoms with E-state index in [0.717, 1.165) is 0 Å². The van der Waals surface area contributed by atoms with E-state index < -0.39 is 84.1 Å². The van der Waals surface area contributed by atoms with E-state index in [-0.39, 0.29) is 0 Å². The quantitative estimate of drug-likeness (QED) is 0.162. The van der Waals surface area contributed by atoms with Crippen LogP contribution in [0.5, 0.6) is 0 Å². The van der Waals surface area contributed by atoms with Gasteiger partial charge >= 0.3 is 35.4 Å². The van der Waals surface area contributed by atoms with Gasteiger partial charge in [0, 0.05) is 0 Å². The molecule has 2 aromatic rings. The molecule has 0 saturated carbocycles. The van der Waals surface area contributed by atoms with Gasteiger partial charge in [-0.25, -0.2) is 0 Å². The molecule has 2 aromatic heterocycles. The number of rotatable bonds is 11. The molecule has 0 amide bonds. The number of hydrogen-bond donors (Lipinski definition) is 0. The Morgan fingerprint density at radius 2 is 0.694 bits per heavy atom. The van der Waals surface area contributed by atoms with Crippen molar-refractivity contribution < 1.29 is 39.4 Å². The first-order chi connectivity index (χ1) is 16.5. The third kappa shape index (κ3) is 3.21. The second kappa shape index (κ2) is 8.12. The van der Waals surface area contributed by atoms with Gasteiger partial charge in [-0.1, -0.05) is 0 Å². The molecule has 0 unspecified atom stereocenters. The van der Waals surface area contributed by atoms with Crippen LogP contribution in [0.2, 0.25) is 0 Å². The van der Waals surface area contributed by atoms with Crippen LogP contribution >= 0.6 is 0 Å². The molecular weight excluding hydrogens is 524 g/mol. The molecule has 0 N–H and O–H groups in total. The summed E-state index contributed by atoms with van der Waals surface area (Å²) < 4.78 is -2.33. The van der Waals surface area contributed by atoms with Gasteiger partial charge in [0.05, 0.1) is 19.6 Å². The molecule has 0 saturated heterocycles. The topological polar surface area (TPSA) is 407 Å². The normalized spacial score (nSPS) is 11.4. The highest BCUT2D eigenvalue weighted by molar-refractivity contribution is 5.47. The third-order valence-corrected chi connectivity index (χ3v) is 3.76. The maximum Gasteiger partial charge on any atom is 0.835 e. The average Bonchev–Trinajstić information content (AvgIpc) is 3.32. The van der Waals surface area contributed by atoms with Crippen LogP contribution in [-0.4, -0.2) is 68.9 Å². The Balaban J connectivity index is 3.27. The van der Waals surface area contributed by atoms with Crippen LogP contribution in [0.1, 0.15) is 0 Å². The van der Waals surface area contributed by atoms with E-state index >= 15 is 0 Å². The van der Waals surface area contributed by atoms with Crippen molar-refractivity contribution in [2.75, 3.05) is 0 Å². The minimum Gasteiger partial charge on any atom is -0.390 e. The van der Waals surface area contributed by atoms with E-state index in [2.05, 4.69) is 20.2 Å². The number of nitrogens with zero attached hydrogens (tertiary/aromatic N) is 14. The second-order valence-corrected chi connectivity index (χ2v) is 5.55. The first kappa shape index (κ1) is 25.7. The van der Waals surface area contributed by atoms with E-state index in [0.29, 0.717) is 0 Å². The second-order valence-electron chi connectivity index (χ2n) is 5.55. The molecule has 36 heavy (non-hydrogen) atoms. The molecule has 0 aliphatic rings. The fourth-order valence-electron chi connectivity index (χ4n) is 2.33. The van der Waals surface area contributed by atoms with Gasteiger partial charge in [0.2, 0.25) is 29.5 Å². The standard InChI is InChI=1S/C6N14O16/c21-13(22)3-7-1(11(9-3)5(15(25)26,16(27)28)17(29)30)2-8-4(14(23)24)10-12(2)6(18(31)32,19(33)34)20(35)36. The lowest BCUT2D eigenvalue weighted by Crippen LogP contribution is -2.57. The molecule has 30 nitrogen and oxygen atoms in total. The summed E-state index contributed by atoms with van der Waals surface area (Å²) in [6, 6.07) is 0. The van der Waals surface area contributed by atoms with E-state index in [4.69, 9.17) is 0 Å². The molecule has 0 radical (unpaired) electrons. The van der Waals surface area contributed by atoms with Gasteiger partial charge in [-0.2, -0.15) is 0 Å². The highest BCUT2D eigenvalue weighted by atomic mass is 16.8. The van der Waals surface area contributed by atoms with Crippen LogP contribution in [0.25, 0.3) is 11.6 Å². The summed E-state index contributed by atoms with van der Waals surface area (Å²) in [7, 11) is 0. The monoisotopic (exact) mass is 524 g/mol. The molecule has 2 rings (SSSR count). The van der Waals surface area contributed by atoms with Gasteiger partial charge in [-0.05, 0) is 19.8 Å². The summed E-state index contributed by atoms with van der Waals surface area (Å²) in [6.07, 6.45) is 0. The first-order valence-electron chi connectivity index (χ1n) is 7.60. The van der Waals surface area contributed by atoms with Gasteiger partial charge < -0.3 is 20.2 Å². The highest BCUT2D eigenvalue weighted by Crippen LogP contribution is 2.32. The number of hydrogen-bond acceptors (Lipinski definition) is 20. The lowest BCUT2D eigenvalue weighted by molar-refractivity contribution is -1.01. The van der Waals surface area contributed by atoms with Gasteiger partial charge in [-0.15, -0.1) is 0 Å². The van der Waals surface area contributed by atoms with Crippen molar-refractivity contribution in [1.82, 2.24) is 29.5 Å². The molecule has 0 atom stereocenters. The predicted molar refractivity (Wildman–Crippen MR) is 90.3 cm³/mol. The van der Waals surface area contributed by atoms with Crippen LogP contribution in [0.15, 0.2) is 0 Å². The van der Waals surface area contributed by atoms with E-state index in [1.807, 2.05) is 0 Å². The molecule has 0 spiro atoms. The summed E-state index contributed by atoms with van der Waals surface area (Å²) in [5, 5.41) is 95.4. The van der Waals surface area contributed by atoms with Crippen LogP contribution in [0.3, 0.4) is 0 Å². The van der Waals surface area contributed by atoms with Crippen molar-refractivity contribution in [3.05, 3.63) is 80.9 Å². The maximum atomic E-state index is 11.4. The van der Waals surface area contributed by atoms with Gasteiger partial charge in [0.1, 0.15) is 0 Å². The molecular formula is C6N14O16. The van der Waals surface area contributed by atoms with E-state index in [1.54, 1.807) is 0 Å². The van der Waals surface area contributed by atoms with E-state index in [1.165, 1.54) is 0 Å². The highest BCUT2D eigenvalue weighted by Gasteiger charge is 2.82. The van der Waals surface area contributed by atoms with Crippen molar-refractivity contribution in [3.8, 4) is 11.6 Å². The summed E-state index contributed by atoms with van der Waals surface area (Å²) in [4.78, 5) is 78.3. The number of aromatic nitrogens is 6. The van der Waals surface area contributed by atoms with E-state index in [9.17, 15) is 80.9 Å². The van der Waals surface area contributed by atoms with Crippen molar-refractivity contribution in [2.24, 2.45) is 0 Å². The maximum absolute atomic E-state index is 11.4. The first-order valence-corrected chi connectivity index (χ1v) is 7.60. The largest absolute Gasteiger partial charge is 0.835 e. The summed E-state index contributed by atoms with van der Waals surface area (Å²) in [5.74, 6) is -18.3. The summed E-state index contributed by atoms with van der Waals surface area (Å²) in [5.41, 5.74) is 0. The smallest absolute Gasteiger partial charge is 0.390 e. The lowest BCUT2D eigenvalue weighted by Gasteiger charge is -2.07. The van der Waals surface area contributed by atoms with Crippen LogP contribution in [0, 0.1) is 80.9 Å². The Morgan fingerprint density at radius 1 is 0.472 bits per heavy atom. The lowest BCUT2D eigenvalue weighted by atomic mass is 10.4. The minimum absolute atomic E-state index is 1.17. The SMILES string of the molecule is O=[N+]([O-])c1nc(-c2nc([N+](=O)[O-])nn2C([N+](=O)[O-])([N+](=O)[O-])[N+](=O)[O-])n(C([N+](=O)[O-])([N+](=O)[O-])[N+](=O)[O-])n1. The third-order valence-electron chi connectivity index (χ3n) is 3.76. The van der Waals surface area contributed by atoms with Crippen molar-refractivity contribution in [1.29, 1.82) is 0 Å². The van der Waals surface area contributed by atoms with Crippen molar-refractivity contribution in [3.63, 3.8) is 0 Å². The molecule has 2 heterocycles. The van der Waals surface area contributed by atoms with Gasteiger partial charge in [-0.3, -0.25) is 60.7 Å². The summed E-state index contributed by atoms with van der Waals surface area (Å²) in [6.45, 7) is 0. The fourth-order valence-corrected chi connectivity index (χ4v) is 2.33. The zero-order valence-electron chi connectivity index (χ0n) is 15.8. The molecule has 0 aliphatic heterocycles. The Labute approximate surface area is 186 Å². The molecule has 0 fully saturated rings.